The summed E-state index contributed by atoms with van der Waals surface area (Å²) in [5.74, 6) is 0. The van der Waals surface area contributed by atoms with Crippen molar-refractivity contribution in [2.24, 2.45) is 0 Å². The van der Waals surface area contributed by atoms with E-state index < -0.39 is 0 Å². The Kier molecular flexibility index (Phi) is 5.15. The van der Waals surface area contributed by atoms with Gasteiger partial charge in [-0.2, -0.15) is 0 Å². The van der Waals surface area contributed by atoms with E-state index in [-0.39, 0.29) is 30.1 Å². The Hall–Kier alpha value is -0.550. The third kappa shape index (κ3) is 2.27. The van der Waals surface area contributed by atoms with Gasteiger partial charge in [-0.05, 0) is 18.6 Å². The van der Waals surface area contributed by atoms with Crippen molar-refractivity contribution in [1.82, 2.24) is 6.15 Å². The van der Waals surface area contributed by atoms with Crippen LogP contribution < -0.4 is 11.1 Å². The highest BCUT2D eigenvalue weighted by molar-refractivity contribution is 14.0. The summed E-state index contributed by atoms with van der Waals surface area (Å²) in [7, 11) is 2.13. The minimum absolute atomic E-state index is 0. The second kappa shape index (κ2) is 5.36. The zero-order valence-electron chi connectivity index (χ0n) is 8.60. The Balaban J connectivity index is 0.000000845. The number of benzene rings is 1. The molecule has 1 atom stereocenters. The van der Waals surface area contributed by atoms with Gasteiger partial charge in [-0.15, -0.1) is 24.0 Å². The number of nitrogens with zero attached hydrogens (tertiary/aromatic N) is 1. The number of para-hydroxylation sites is 1. The number of anilines is 1. The van der Waals surface area contributed by atoms with Crippen LogP contribution in [0.3, 0.4) is 0 Å². The van der Waals surface area contributed by atoms with E-state index in [0.717, 1.165) is 0 Å². The molecular formula is C11H17IN2. The molecule has 0 aromatic heterocycles. The minimum Gasteiger partial charge on any atom is -0.368 e. The third-order valence-corrected chi connectivity index (χ3v) is 2.48. The summed E-state index contributed by atoms with van der Waals surface area (Å²) >= 11 is 0. The second-order valence-corrected chi connectivity index (χ2v) is 3.27. The molecule has 0 fully saturated rings. The molecule has 1 aliphatic heterocycles. The first-order valence-electron chi connectivity index (χ1n) is 4.29. The van der Waals surface area contributed by atoms with Gasteiger partial charge in [0, 0.05) is 18.8 Å². The van der Waals surface area contributed by atoms with Crippen molar-refractivity contribution >= 4 is 35.7 Å². The van der Waals surface area contributed by atoms with Gasteiger partial charge in [-0.3, -0.25) is 0 Å². The van der Waals surface area contributed by atoms with Crippen LogP contribution in [0.25, 0.3) is 6.08 Å². The highest BCUT2D eigenvalue weighted by atomic mass is 127. The lowest BCUT2D eigenvalue weighted by atomic mass is 10.1. The van der Waals surface area contributed by atoms with E-state index in [1.54, 1.807) is 0 Å². The average Bonchev–Trinajstić information content (AvgIpc) is 2.12. The molecule has 0 aliphatic carbocycles. The maximum absolute atomic E-state index is 2.29. The summed E-state index contributed by atoms with van der Waals surface area (Å²) in [5, 5.41) is 0. The highest BCUT2D eigenvalue weighted by Crippen LogP contribution is 2.26. The zero-order chi connectivity index (χ0) is 8.55. The number of hydrogen-bond donors (Lipinski definition) is 1. The van der Waals surface area contributed by atoms with Crippen molar-refractivity contribution in [3.05, 3.63) is 35.9 Å². The third-order valence-electron chi connectivity index (χ3n) is 2.48. The molecule has 3 N–H and O–H groups in total. The molecule has 0 radical (unpaired) electrons. The van der Waals surface area contributed by atoms with Crippen LogP contribution in [0.15, 0.2) is 30.3 Å². The van der Waals surface area contributed by atoms with Crippen LogP contribution in [-0.2, 0) is 0 Å². The maximum Gasteiger partial charge on any atom is 0.0445 e. The summed E-state index contributed by atoms with van der Waals surface area (Å²) in [6.45, 7) is 2.20. The fourth-order valence-electron chi connectivity index (χ4n) is 1.54. The lowest BCUT2D eigenvalue weighted by Crippen LogP contribution is -2.29. The summed E-state index contributed by atoms with van der Waals surface area (Å²) in [5.41, 5.74) is 2.64. The normalized spacial score (nSPS) is 17.9. The molecule has 78 valence electrons. The van der Waals surface area contributed by atoms with Gasteiger partial charge in [0.2, 0.25) is 0 Å². The fourth-order valence-corrected chi connectivity index (χ4v) is 1.54. The summed E-state index contributed by atoms with van der Waals surface area (Å²) in [6, 6.07) is 8.98. The molecule has 1 aromatic rings. The Morgan fingerprint density at radius 2 is 1.86 bits per heavy atom. The average molecular weight is 304 g/mol. The number of halogens is 1. The predicted molar refractivity (Wildman–Crippen MR) is 73.8 cm³/mol. The molecule has 0 saturated heterocycles. The molecule has 1 heterocycles. The highest BCUT2D eigenvalue weighted by Gasteiger charge is 2.13. The van der Waals surface area contributed by atoms with Crippen LogP contribution in [0.1, 0.15) is 12.5 Å². The smallest absolute Gasteiger partial charge is 0.0445 e. The van der Waals surface area contributed by atoms with E-state index in [1.165, 1.54) is 11.3 Å². The van der Waals surface area contributed by atoms with Gasteiger partial charge in [0.05, 0.1) is 0 Å². The molecule has 0 spiro atoms. The molecule has 1 unspecified atom stereocenters. The van der Waals surface area contributed by atoms with E-state index in [0.29, 0.717) is 6.04 Å². The monoisotopic (exact) mass is 304 g/mol. The van der Waals surface area contributed by atoms with Crippen molar-refractivity contribution in [1.29, 1.82) is 0 Å². The quantitative estimate of drug-likeness (QED) is 0.747. The standard InChI is InChI=1S/C11H13N.HI.H3N/c1-9-7-8-10-5-3-4-6-11(10)12(9)2;;/h3-9H,1-2H3;1H;1H3. The van der Waals surface area contributed by atoms with Crippen LogP contribution >= 0.6 is 24.0 Å². The molecule has 0 amide bonds. The SMILES string of the molecule is CC1C=Cc2ccccc2N1C.I.N. The summed E-state index contributed by atoms with van der Waals surface area (Å²) < 4.78 is 0. The number of hydrogen-bond acceptors (Lipinski definition) is 2. The molecule has 14 heavy (non-hydrogen) atoms. The Morgan fingerprint density at radius 1 is 1.21 bits per heavy atom. The maximum atomic E-state index is 2.29. The van der Waals surface area contributed by atoms with Crippen molar-refractivity contribution < 1.29 is 0 Å². The minimum atomic E-state index is 0. The van der Waals surface area contributed by atoms with E-state index in [4.69, 9.17) is 0 Å². The van der Waals surface area contributed by atoms with E-state index in [2.05, 4.69) is 55.3 Å². The molecular weight excluding hydrogens is 287 g/mol. The fraction of sp³-hybridized carbons (Fsp3) is 0.273. The molecule has 2 nitrogen and oxygen atoms in total. The molecule has 0 saturated carbocycles. The largest absolute Gasteiger partial charge is 0.368 e. The molecule has 1 aliphatic rings. The van der Waals surface area contributed by atoms with Gasteiger partial charge in [0.25, 0.3) is 0 Å². The lowest BCUT2D eigenvalue weighted by Gasteiger charge is -2.29. The molecule has 2 rings (SSSR count). The molecule has 3 heteroatoms. The first-order valence-corrected chi connectivity index (χ1v) is 4.29. The van der Waals surface area contributed by atoms with Crippen LogP contribution in [0.4, 0.5) is 5.69 Å². The van der Waals surface area contributed by atoms with Gasteiger partial charge < -0.3 is 11.1 Å². The Morgan fingerprint density at radius 3 is 2.57 bits per heavy atom. The molecule has 1 aromatic carbocycles. The number of rotatable bonds is 0. The second-order valence-electron chi connectivity index (χ2n) is 3.27. The van der Waals surface area contributed by atoms with Crippen molar-refractivity contribution in [2.45, 2.75) is 13.0 Å². The Labute approximate surface area is 103 Å². The van der Waals surface area contributed by atoms with Crippen LogP contribution in [0, 0.1) is 0 Å². The zero-order valence-corrected chi connectivity index (χ0v) is 10.9. The van der Waals surface area contributed by atoms with Crippen molar-refractivity contribution in [3.8, 4) is 0 Å². The lowest BCUT2D eigenvalue weighted by molar-refractivity contribution is 0.817. The van der Waals surface area contributed by atoms with Gasteiger partial charge in [-0.25, -0.2) is 0 Å². The van der Waals surface area contributed by atoms with Gasteiger partial charge in [-0.1, -0.05) is 30.4 Å². The summed E-state index contributed by atoms with van der Waals surface area (Å²) in [6.07, 6.45) is 4.42. The van der Waals surface area contributed by atoms with Crippen LogP contribution in [-0.4, -0.2) is 13.1 Å². The summed E-state index contributed by atoms with van der Waals surface area (Å²) in [4.78, 5) is 2.29. The van der Waals surface area contributed by atoms with Crippen LogP contribution in [0.2, 0.25) is 0 Å². The van der Waals surface area contributed by atoms with E-state index in [9.17, 15) is 0 Å². The van der Waals surface area contributed by atoms with Crippen molar-refractivity contribution in [2.75, 3.05) is 11.9 Å². The Bertz CT molecular complexity index is 323. The van der Waals surface area contributed by atoms with Crippen molar-refractivity contribution in [3.63, 3.8) is 0 Å². The molecule has 0 bridgehead atoms. The predicted octanol–water partition coefficient (Wildman–Crippen LogP) is 3.32. The van der Waals surface area contributed by atoms with Crippen LogP contribution in [0.5, 0.6) is 0 Å². The number of fused-ring (bicyclic) bond motifs is 1. The first-order chi connectivity index (χ1) is 5.79. The van der Waals surface area contributed by atoms with E-state index in [1.807, 2.05) is 0 Å². The van der Waals surface area contributed by atoms with Gasteiger partial charge in [0.1, 0.15) is 0 Å². The number of likely N-dealkylation sites (N-methyl/N-ethyl adjacent to an activating group) is 1. The van der Waals surface area contributed by atoms with Gasteiger partial charge >= 0.3 is 0 Å². The first kappa shape index (κ1) is 13.4. The van der Waals surface area contributed by atoms with E-state index >= 15 is 0 Å². The topological polar surface area (TPSA) is 38.2 Å². The van der Waals surface area contributed by atoms with Gasteiger partial charge in [0.15, 0.2) is 0 Å².